The van der Waals surface area contributed by atoms with Crippen LogP contribution in [0.2, 0.25) is 0 Å². The molecule has 2 nitrogen and oxygen atoms in total. The van der Waals surface area contributed by atoms with Crippen molar-refractivity contribution in [2.24, 2.45) is 0 Å². The van der Waals surface area contributed by atoms with Crippen molar-refractivity contribution >= 4 is 141 Å². The van der Waals surface area contributed by atoms with Gasteiger partial charge in [-0.1, -0.05) is 132 Å². The Morgan fingerprint density at radius 1 is 0.500 bits per heavy atom. The molecule has 0 aliphatic carbocycles. The minimum absolute atomic E-state index is 0.412. The van der Waals surface area contributed by atoms with Crippen LogP contribution in [-0.4, -0.2) is 52.0 Å². The molecule has 0 aromatic rings. The Morgan fingerprint density at radius 3 is 0.962 bits per heavy atom. The van der Waals surface area contributed by atoms with Crippen molar-refractivity contribution in [3.63, 3.8) is 0 Å². The fraction of sp³-hybridized carbons (Fsp3) is 1.00. The molecule has 0 amide bonds. The molecule has 0 heterocycles. The third-order valence-electron chi connectivity index (χ3n) is 4.08. The molecule has 0 spiro atoms. The average Bonchev–Trinajstić information content (AvgIpc) is 2.33. The van der Waals surface area contributed by atoms with E-state index in [1.54, 1.807) is 0 Å². The van der Waals surface area contributed by atoms with E-state index in [1.807, 2.05) is 0 Å². The second kappa shape index (κ2) is 11.2. The lowest BCUT2D eigenvalue weighted by atomic mass is 10.3. The lowest BCUT2D eigenvalue weighted by molar-refractivity contribution is 0.295. The summed E-state index contributed by atoms with van der Waals surface area (Å²) in [5.74, 6) is -2.35. The molecule has 0 bridgehead atoms. The van der Waals surface area contributed by atoms with Crippen LogP contribution >= 0.6 is 122 Å². The van der Waals surface area contributed by atoms with Gasteiger partial charge in [-0.15, -0.1) is 45.9 Å². The predicted molar refractivity (Wildman–Crippen MR) is 159 cm³/mol. The van der Waals surface area contributed by atoms with E-state index in [4.69, 9.17) is 0 Å². The largest absolute Gasteiger partial charge is 0.311 e. The predicted octanol–water partition coefficient (Wildman–Crippen LogP) is 8.38. The van der Waals surface area contributed by atoms with Crippen LogP contribution in [0, 0.1) is 0 Å². The van der Waals surface area contributed by atoms with Gasteiger partial charge < -0.3 is 9.13 Å². The second-order valence-electron chi connectivity index (χ2n) is 7.43. The number of nitrogens with zero attached hydrogens (tertiary/aromatic N) is 2. The summed E-state index contributed by atoms with van der Waals surface area (Å²) in [4.78, 5) is -2.29. The molecule has 0 N–H and O–H groups in total. The first kappa shape index (κ1) is 30.6. The Labute approximate surface area is 226 Å². The number of rotatable bonds is 9. The molecule has 0 saturated carbocycles. The number of halogens is 8. The molecule has 14 heteroatoms. The van der Waals surface area contributed by atoms with Crippen molar-refractivity contribution in [3.05, 3.63) is 0 Å². The maximum absolute atomic E-state index is 4.47. The molecular weight excluding hydrogens is 924 g/mol. The Kier molecular flexibility index (Phi) is 13.2. The van der Waals surface area contributed by atoms with Crippen LogP contribution in [0.15, 0.2) is 0 Å². The van der Waals surface area contributed by atoms with E-state index in [-0.39, 0.29) is 0 Å². The van der Waals surface area contributed by atoms with Crippen molar-refractivity contribution < 1.29 is 0 Å². The van der Waals surface area contributed by atoms with Gasteiger partial charge in [-0.05, 0) is 24.2 Å². The van der Waals surface area contributed by atoms with Crippen LogP contribution in [0.5, 0.6) is 0 Å². The lowest BCUT2D eigenvalue weighted by Crippen LogP contribution is -2.85. The lowest BCUT2D eigenvalue weighted by Gasteiger charge is -2.58. The molecule has 0 aromatic heterocycles. The smallest absolute Gasteiger partial charge is 0.287 e. The molecular formula is C12H28Br8N2Si4. The van der Waals surface area contributed by atoms with Crippen LogP contribution in [0.4, 0.5) is 0 Å². The van der Waals surface area contributed by atoms with Crippen molar-refractivity contribution in [2.45, 2.75) is 79.6 Å². The second-order valence-corrected chi connectivity index (χ2v) is 97.5. The molecule has 158 valence electrons. The van der Waals surface area contributed by atoms with Crippen molar-refractivity contribution in [2.75, 3.05) is 0 Å². The minimum atomic E-state index is -2.35. The first-order chi connectivity index (χ1) is 11.3. The zero-order valence-corrected chi connectivity index (χ0v) is 32.9. The molecule has 1 atom stereocenters. The first-order valence-corrected chi connectivity index (χ1v) is 37.3. The normalized spacial score (nSPS) is 17.3. The quantitative estimate of drug-likeness (QED) is 0.170. The van der Waals surface area contributed by atoms with Gasteiger partial charge in [-0.25, -0.2) is 0 Å². The maximum Gasteiger partial charge on any atom is 0.287 e. The van der Waals surface area contributed by atoms with Gasteiger partial charge in [0.2, 0.25) is 10.2 Å². The van der Waals surface area contributed by atoms with Crippen LogP contribution in [-0.2, 0) is 0 Å². The third-order valence-corrected chi connectivity index (χ3v) is 171. The highest BCUT2D eigenvalue weighted by atomic mass is 80.0. The zero-order valence-electron chi connectivity index (χ0n) is 16.2. The van der Waals surface area contributed by atoms with Gasteiger partial charge in [0.15, 0.2) is 0 Å². The van der Waals surface area contributed by atoms with Gasteiger partial charge in [0.1, 0.15) is 0 Å². The average molecular weight is 952 g/mol. The molecule has 0 rings (SSSR count). The van der Waals surface area contributed by atoms with Crippen molar-refractivity contribution in [3.8, 4) is 0 Å². The first-order valence-electron chi connectivity index (χ1n) is 8.36. The molecule has 1 unspecified atom stereocenters. The number of hydrogen-bond acceptors (Lipinski definition) is 2. The van der Waals surface area contributed by atoms with E-state index < -0.39 is 18.7 Å². The van der Waals surface area contributed by atoms with Crippen LogP contribution < -0.4 is 0 Å². The summed E-state index contributed by atoms with van der Waals surface area (Å²) in [5.41, 5.74) is 0. The molecule has 0 fully saturated rings. The van der Waals surface area contributed by atoms with Crippen LogP contribution in [0.1, 0.15) is 55.4 Å². The topological polar surface area (TPSA) is 6.48 Å². The number of hydrogen-bond donors (Lipinski definition) is 0. The minimum Gasteiger partial charge on any atom is -0.311 e. The molecule has 0 aliphatic heterocycles. The van der Waals surface area contributed by atoms with E-state index in [0.29, 0.717) is 24.2 Å². The summed E-state index contributed by atoms with van der Waals surface area (Å²) < 4.78 is 1.10. The SMILES string of the molecule is CC(C)N(C(C)C)[Si](Br)(Br)[Si](Br)(N(C(C)C)C(C)C)[Si](Br)(Br)[Si](Br)(Br)Br. The summed E-state index contributed by atoms with van der Waals surface area (Å²) in [6.07, 6.45) is 0. The Bertz CT molecular complexity index is 457. The highest BCUT2D eigenvalue weighted by Gasteiger charge is 2.77. The summed E-state index contributed by atoms with van der Waals surface area (Å²) in [5, 5.41) is 0. The van der Waals surface area contributed by atoms with Crippen LogP contribution in [0.3, 0.4) is 0 Å². The van der Waals surface area contributed by atoms with Gasteiger partial charge in [0.25, 0.3) is 8.44 Å². The van der Waals surface area contributed by atoms with Gasteiger partial charge in [0, 0.05) is 0 Å². The highest BCUT2D eigenvalue weighted by Crippen LogP contribution is 2.58. The Hall–Kier alpha value is 4.63. The van der Waals surface area contributed by atoms with E-state index in [0.717, 1.165) is 0 Å². The maximum atomic E-state index is 4.47. The molecule has 0 aromatic carbocycles. The fourth-order valence-electron chi connectivity index (χ4n) is 3.42. The highest BCUT2D eigenvalue weighted by molar-refractivity contribution is 9.83. The van der Waals surface area contributed by atoms with Gasteiger partial charge >= 0.3 is 0 Å². The van der Waals surface area contributed by atoms with E-state index >= 15 is 0 Å². The monoisotopic (exact) mass is 943 g/mol. The summed E-state index contributed by atoms with van der Waals surface area (Å²) in [6, 6.07) is 1.67. The molecule has 26 heavy (non-hydrogen) atoms. The van der Waals surface area contributed by atoms with E-state index in [2.05, 4.69) is 187 Å². The fourth-order valence-corrected chi connectivity index (χ4v) is 191. The molecule has 0 aliphatic rings. The van der Waals surface area contributed by atoms with Crippen LogP contribution in [0.25, 0.3) is 0 Å². The summed E-state index contributed by atoms with van der Waals surface area (Å²) >= 11 is 33.6. The Morgan fingerprint density at radius 2 is 0.769 bits per heavy atom. The van der Waals surface area contributed by atoms with Crippen molar-refractivity contribution in [1.29, 1.82) is 0 Å². The molecule has 0 saturated heterocycles. The van der Waals surface area contributed by atoms with E-state index in [1.165, 1.54) is 0 Å². The van der Waals surface area contributed by atoms with E-state index in [9.17, 15) is 0 Å². The standard InChI is InChI=1S/C12H28Br8N2Si4/c1-9(2)21(10(3)4)24(16,17)26(20,22(11(5)6)12(7)8)25(18,19)23(13,14)15/h9-12H,1-8H3. The molecule has 0 radical (unpaired) electrons. The van der Waals surface area contributed by atoms with Gasteiger partial charge in [0.05, 0.1) is 0 Å². The summed E-state index contributed by atoms with van der Waals surface area (Å²) in [6.45, 7) is 18.3. The Balaban J connectivity index is 6.98. The third kappa shape index (κ3) is 6.15. The zero-order chi connectivity index (χ0) is 21.5. The van der Waals surface area contributed by atoms with Crippen molar-refractivity contribution in [1.82, 2.24) is 9.13 Å². The van der Waals surface area contributed by atoms with Gasteiger partial charge in [-0.3, -0.25) is 0 Å². The summed E-state index contributed by atoms with van der Waals surface area (Å²) in [7, 11) is 0. The van der Waals surface area contributed by atoms with Gasteiger partial charge in [-0.2, -0.15) is 0 Å².